The normalized spacial score (nSPS) is 16.6. The van der Waals surface area contributed by atoms with Gasteiger partial charge in [-0.1, -0.05) is 83.5 Å². The first kappa shape index (κ1) is 22.6. The molecule has 0 saturated carbocycles. The van der Waals surface area contributed by atoms with Gasteiger partial charge in [-0.25, -0.2) is 10.0 Å². The fourth-order valence-electron chi connectivity index (χ4n) is 4.20. The van der Waals surface area contributed by atoms with Crippen molar-refractivity contribution in [1.82, 2.24) is 10.3 Å². The Bertz CT molecular complexity index is 1630. The number of aryl methyl sites for hydroxylation is 1. The smallest absolute Gasteiger partial charge is 0.276 e. The number of amides is 1. The van der Waals surface area contributed by atoms with E-state index < -0.39 is 6.17 Å². The molecular formula is C28H21ClN4O2S. The summed E-state index contributed by atoms with van der Waals surface area (Å²) in [5.74, 6) is 1.71. The molecule has 0 bridgehead atoms. The lowest BCUT2D eigenvalue weighted by atomic mass is 10.1. The number of rotatable bonds is 4. The molecule has 3 heterocycles. The monoisotopic (exact) mass is 512 g/mol. The largest absolute Gasteiger partial charge is 0.457 e. The summed E-state index contributed by atoms with van der Waals surface area (Å²) in [4.78, 5) is 18.2. The van der Waals surface area contributed by atoms with Crippen LogP contribution in [0, 0.1) is 6.92 Å². The molecule has 1 aromatic heterocycles. The summed E-state index contributed by atoms with van der Waals surface area (Å²) in [6, 6.07) is 27.1. The second kappa shape index (κ2) is 9.33. The third-order valence-corrected chi connectivity index (χ3v) is 7.17. The Kier molecular flexibility index (Phi) is 5.87. The predicted octanol–water partition coefficient (Wildman–Crippen LogP) is 4.98. The maximum absolute atomic E-state index is 13.3. The van der Waals surface area contributed by atoms with Crippen LogP contribution in [0.15, 0.2) is 99.4 Å². The van der Waals surface area contributed by atoms with Crippen LogP contribution in [0.2, 0.25) is 5.02 Å². The van der Waals surface area contributed by atoms with Crippen molar-refractivity contribution in [3.8, 4) is 11.3 Å². The van der Waals surface area contributed by atoms with E-state index in [1.165, 1.54) is 17.3 Å². The predicted molar refractivity (Wildman–Crippen MR) is 142 cm³/mol. The minimum Gasteiger partial charge on any atom is -0.457 e. The number of amidine groups is 1. The molecule has 6 nitrogen and oxygen atoms in total. The summed E-state index contributed by atoms with van der Waals surface area (Å²) in [6.07, 6.45) is -0.621. The van der Waals surface area contributed by atoms with Gasteiger partial charge in [0.15, 0.2) is 10.9 Å². The molecule has 0 saturated heterocycles. The van der Waals surface area contributed by atoms with Crippen LogP contribution in [0.1, 0.15) is 23.1 Å². The van der Waals surface area contributed by atoms with Crippen molar-refractivity contribution < 1.29 is 9.21 Å². The van der Waals surface area contributed by atoms with E-state index in [-0.39, 0.29) is 5.91 Å². The van der Waals surface area contributed by atoms with Crippen molar-refractivity contribution in [2.24, 2.45) is 10.1 Å². The Hall–Kier alpha value is -3.81. The standard InChI is InChI=1S/C28H21ClN4O2S/c1-17-9-11-18(12-10-17)16-36-28-31-27(34)25-21-7-2-3-8-22(21)30-26(33(25)32-28)24-14-13-23(35-24)19-5-4-6-20(29)15-19/h2-15,26H,16H2,1H3,(H,31,32,34)/t26-/m0/s1. The number of hydrogen-bond donors (Lipinski definition) is 1. The highest BCUT2D eigenvalue weighted by molar-refractivity contribution is 8.13. The average molecular weight is 513 g/mol. The van der Waals surface area contributed by atoms with Crippen molar-refractivity contribution in [2.75, 3.05) is 0 Å². The molecule has 1 amide bonds. The first-order valence-electron chi connectivity index (χ1n) is 11.5. The molecule has 6 rings (SSSR count). The summed E-state index contributed by atoms with van der Waals surface area (Å²) >= 11 is 7.65. The van der Waals surface area contributed by atoms with E-state index in [9.17, 15) is 4.79 Å². The van der Waals surface area contributed by atoms with E-state index in [0.717, 1.165) is 21.7 Å². The molecule has 36 heavy (non-hydrogen) atoms. The maximum atomic E-state index is 13.3. The molecule has 0 radical (unpaired) electrons. The molecule has 4 aromatic rings. The van der Waals surface area contributed by atoms with Crippen LogP contribution >= 0.6 is 23.4 Å². The molecule has 0 spiro atoms. The maximum Gasteiger partial charge on any atom is 0.276 e. The van der Waals surface area contributed by atoms with Gasteiger partial charge in [0, 0.05) is 21.6 Å². The summed E-state index contributed by atoms with van der Waals surface area (Å²) in [6.45, 7) is 2.06. The van der Waals surface area contributed by atoms with E-state index in [0.29, 0.717) is 33.2 Å². The van der Waals surface area contributed by atoms with Crippen LogP contribution in [-0.4, -0.2) is 16.1 Å². The van der Waals surface area contributed by atoms with E-state index in [1.807, 2.05) is 60.7 Å². The third-order valence-electron chi connectivity index (χ3n) is 6.00. The Morgan fingerprint density at radius 2 is 1.86 bits per heavy atom. The molecule has 1 atom stereocenters. The minimum atomic E-state index is -0.621. The van der Waals surface area contributed by atoms with Crippen LogP contribution in [-0.2, 0) is 10.5 Å². The number of thioether (sulfide) groups is 1. The zero-order chi connectivity index (χ0) is 24.6. The number of furan rings is 1. The van der Waals surface area contributed by atoms with E-state index >= 15 is 0 Å². The van der Waals surface area contributed by atoms with Crippen molar-refractivity contribution in [3.05, 3.63) is 117 Å². The minimum absolute atomic E-state index is 0.217. The highest BCUT2D eigenvalue weighted by atomic mass is 35.5. The number of nitrogens with zero attached hydrogens (tertiary/aromatic N) is 3. The first-order valence-corrected chi connectivity index (χ1v) is 12.8. The second-order valence-electron chi connectivity index (χ2n) is 8.56. The highest BCUT2D eigenvalue weighted by Gasteiger charge is 2.36. The van der Waals surface area contributed by atoms with E-state index in [4.69, 9.17) is 26.1 Å². The number of carbonyl (C=O) groups is 1. The molecule has 3 aromatic carbocycles. The van der Waals surface area contributed by atoms with Gasteiger partial charge in [0.25, 0.3) is 5.91 Å². The van der Waals surface area contributed by atoms with Crippen LogP contribution in [0.25, 0.3) is 17.0 Å². The number of halogens is 1. The van der Waals surface area contributed by atoms with Gasteiger partial charge in [-0.05, 0) is 42.8 Å². The number of nitrogens with one attached hydrogen (secondary N) is 1. The van der Waals surface area contributed by atoms with Gasteiger partial charge in [0.05, 0.1) is 5.36 Å². The van der Waals surface area contributed by atoms with Crippen LogP contribution in [0.5, 0.6) is 0 Å². The summed E-state index contributed by atoms with van der Waals surface area (Å²) in [5.41, 5.74) is 3.67. The molecule has 2 aliphatic rings. The Balaban J connectivity index is 1.38. The number of hydrazone groups is 1. The number of fused-ring (bicyclic) bond motifs is 2. The molecule has 8 heteroatoms. The van der Waals surface area contributed by atoms with Crippen molar-refractivity contribution >= 4 is 40.1 Å². The van der Waals surface area contributed by atoms with Gasteiger partial charge in [0.2, 0.25) is 6.17 Å². The Morgan fingerprint density at radius 3 is 2.69 bits per heavy atom. The Morgan fingerprint density at radius 1 is 1.03 bits per heavy atom. The van der Waals surface area contributed by atoms with Gasteiger partial charge in [-0.15, -0.1) is 5.10 Å². The lowest BCUT2D eigenvalue weighted by Gasteiger charge is -2.32. The number of para-hydroxylation sites is 1. The summed E-state index contributed by atoms with van der Waals surface area (Å²) < 4.78 is 6.22. The fourth-order valence-corrected chi connectivity index (χ4v) is 5.20. The average Bonchev–Trinajstić information content (AvgIpc) is 3.38. The first-order chi connectivity index (χ1) is 17.5. The molecular weight excluding hydrogens is 492 g/mol. The second-order valence-corrected chi connectivity index (χ2v) is 9.96. The lowest BCUT2D eigenvalue weighted by molar-refractivity contribution is -0.116. The zero-order valence-corrected chi connectivity index (χ0v) is 20.9. The van der Waals surface area contributed by atoms with Gasteiger partial charge in [0.1, 0.15) is 11.5 Å². The quantitative estimate of drug-likeness (QED) is 0.418. The fraction of sp³-hybridized carbons (Fsp3) is 0.107. The van der Waals surface area contributed by atoms with Gasteiger partial charge in [-0.2, -0.15) is 0 Å². The number of carbonyl (C=O) groups excluding carboxylic acids is 1. The lowest BCUT2D eigenvalue weighted by Crippen LogP contribution is -2.50. The van der Waals surface area contributed by atoms with Crippen LogP contribution in [0.4, 0.5) is 0 Å². The van der Waals surface area contributed by atoms with Crippen molar-refractivity contribution in [3.63, 3.8) is 0 Å². The third kappa shape index (κ3) is 4.32. The van der Waals surface area contributed by atoms with Crippen LogP contribution in [0.3, 0.4) is 0 Å². The van der Waals surface area contributed by atoms with Gasteiger partial charge < -0.3 is 4.42 Å². The number of benzene rings is 3. The highest BCUT2D eigenvalue weighted by Crippen LogP contribution is 2.34. The molecule has 0 unspecified atom stereocenters. The number of hydrogen-bond acceptors (Lipinski definition) is 6. The zero-order valence-electron chi connectivity index (χ0n) is 19.3. The SMILES string of the molecule is Cc1ccc(CSC2=NN3C(=c4ccccc4=N[C@@H]3c3ccc(-c4cccc(Cl)c4)o3)C(=O)N2)cc1. The molecule has 178 valence electrons. The van der Waals surface area contributed by atoms with E-state index in [1.54, 1.807) is 5.01 Å². The van der Waals surface area contributed by atoms with Crippen LogP contribution < -0.4 is 15.9 Å². The van der Waals surface area contributed by atoms with Crippen molar-refractivity contribution in [1.29, 1.82) is 0 Å². The molecule has 0 fully saturated rings. The summed E-state index contributed by atoms with van der Waals surface area (Å²) in [5, 5.41) is 12.0. The van der Waals surface area contributed by atoms with Gasteiger partial charge >= 0.3 is 0 Å². The molecule has 1 N–H and O–H groups in total. The summed E-state index contributed by atoms with van der Waals surface area (Å²) in [7, 11) is 0. The van der Waals surface area contributed by atoms with E-state index in [2.05, 4.69) is 36.5 Å². The Labute approximate surface area is 217 Å². The van der Waals surface area contributed by atoms with Gasteiger partial charge in [-0.3, -0.25) is 10.1 Å². The molecule has 2 aliphatic heterocycles. The topological polar surface area (TPSA) is 70.2 Å². The van der Waals surface area contributed by atoms with Crippen molar-refractivity contribution in [2.45, 2.75) is 18.8 Å². The molecule has 0 aliphatic carbocycles.